The number of carbonyl (C=O) groups excluding carboxylic acids is 1. The molecule has 0 radical (unpaired) electrons. The zero-order valence-electron chi connectivity index (χ0n) is 11.4. The Bertz CT molecular complexity index is 620. The van der Waals surface area contributed by atoms with E-state index in [4.69, 9.17) is 17.3 Å². The zero-order chi connectivity index (χ0) is 14.7. The second-order valence-electron chi connectivity index (χ2n) is 4.32. The van der Waals surface area contributed by atoms with Gasteiger partial charge in [0.2, 0.25) is 0 Å². The number of aryl methyl sites for hydroxylation is 1. The van der Waals surface area contributed by atoms with Gasteiger partial charge in [-0.15, -0.1) is 0 Å². The number of anilines is 1. The van der Waals surface area contributed by atoms with Crippen molar-refractivity contribution in [1.29, 1.82) is 0 Å². The topological polar surface area (TPSA) is 70.1 Å². The molecule has 0 aliphatic heterocycles. The Morgan fingerprint density at radius 3 is 2.60 bits per heavy atom. The molecule has 1 aromatic carbocycles. The monoisotopic (exact) mass is 293 g/mol. The number of hydrogen-bond acceptors (Lipinski definition) is 4. The first-order valence-electron chi connectivity index (χ1n) is 6.24. The Labute approximate surface area is 122 Å². The summed E-state index contributed by atoms with van der Waals surface area (Å²) in [7, 11) is 1.31. The third kappa shape index (κ3) is 2.77. The van der Waals surface area contributed by atoms with Crippen molar-refractivity contribution in [2.45, 2.75) is 19.9 Å². The van der Waals surface area contributed by atoms with E-state index in [-0.39, 0.29) is 5.69 Å². The summed E-state index contributed by atoms with van der Waals surface area (Å²) in [5.74, 6) is 0.550. The molecule has 0 fully saturated rings. The van der Waals surface area contributed by atoms with Crippen molar-refractivity contribution in [3.05, 3.63) is 46.4 Å². The van der Waals surface area contributed by atoms with Crippen LogP contribution in [0.25, 0.3) is 0 Å². The predicted octanol–water partition coefficient (Wildman–Crippen LogP) is 2.52. The highest BCUT2D eigenvalue weighted by atomic mass is 35.5. The smallest absolute Gasteiger partial charge is 0.360 e. The van der Waals surface area contributed by atoms with Crippen molar-refractivity contribution in [3.8, 4) is 0 Å². The highest BCUT2D eigenvalue weighted by Crippen LogP contribution is 2.19. The summed E-state index contributed by atoms with van der Waals surface area (Å²) < 4.78 is 6.50. The van der Waals surface area contributed by atoms with Gasteiger partial charge in [-0.2, -0.15) is 0 Å². The first-order chi connectivity index (χ1) is 9.56. The summed E-state index contributed by atoms with van der Waals surface area (Å²) in [6, 6.07) is 7.46. The van der Waals surface area contributed by atoms with E-state index in [0.29, 0.717) is 23.8 Å². The Morgan fingerprint density at radius 2 is 2.05 bits per heavy atom. The van der Waals surface area contributed by atoms with Crippen LogP contribution in [-0.4, -0.2) is 22.6 Å². The van der Waals surface area contributed by atoms with Crippen LogP contribution in [0.3, 0.4) is 0 Å². The average Bonchev–Trinajstić information content (AvgIpc) is 2.77. The lowest BCUT2D eigenvalue weighted by molar-refractivity contribution is 0.0595. The minimum Gasteiger partial charge on any atom is -0.464 e. The maximum absolute atomic E-state index is 11.6. The van der Waals surface area contributed by atoms with Crippen molar-refractivity contribution >= 4 is 23.4 Å². The Morgan fingerprint density at radius 1 is 1.40 bits per heavy atom. The maximum Gasteiger partial charge on any atom is 0.360 e. The standard InChI is InChI=1S/C14H16ClN3O2/c1-3-11-17-12(14(19)20-2)13(16)18(11)8-9-4-6-10(15)7-5-9/h4-7H,3,8,16H2,1-2H3. The first kappa shape index (κ1) is 14.4. The van der Waals surface area contributed by atoms with Gasteiger partial charge in [-0.3, -0.25) is 0 Å². The normalized spacial score (nSPS) is 10.6. The Kier molecular flexibility index (Phi) is 4.29. The number of benzene rings is 1. The lowest BCUT2D eigenvalue weighted by Gasteiger charge is -2.09. The molecular formula is C14H16ClN3O2. The number of methoxy groups -OCH3 is 1. The number of carbonyl (C=O) groups is 1. The first-order valence-corrected chi connectivity index (χ1v) is 6.62. The van der Waals surface area contributed by atoms with Crippen LogP contribution in [0.2, 0.25) is 5.02 Å². The molecule has 0 aliphatic carbocycles. The lowest BCUT2D eigenvalue weighted by Crippen LogP contribution is -2.10. The molecular weight excluding hydrogens is 278 g/mol. The molecule has 5 nitrogen and oxygen atoms in total. The van der Waals surface area contributed by atoms with E-state index in [2.05, 4.69) is 9.72 Å². The van der Waals surface area contributed by atoms with Gasteiger partial charge in [-0.1, -0.05) is 30.7 Å². The van der Waals surface area contributed by atoms with E-state index in [1.165, 1.54) is 7.11 Å². The summed E-state index contributed by atoms with van der Waals surface area (Å²) in [5, 5.41) is 0.679. The lowest BCUT2D eigenvalue weighted by atomic mass is 10.2. The van der Waals surface area contributed by atoms with Crippen LogP contribution < -0.4 is 5.73 Å². The number of nitrogens with two attached hydrogens (primary N) is 1. The number of esters is 1. The fourth-order valence-electron chi connectivity index (χ4n) is 1.98. The van der Waals surface area contributed by atoms with Crippen molar-refractivity contribution in [2.24, 2.45) is 0 Å². The second kappa shape index (κ2) is 5.96. The third-order valence-corrected chi connectivity index (χ3v) is 3.29. The molecule has 2 aromatic rings. The van der Waals surface area contributed by atoms with Crippen LogP contribution in [-0.2, 0) is 17.7 Å². The van der Waals surface area contributed by atoms with Gasteiger partial charge in [0.15, 0.2) is 5.69 Å². The minimum atomic E-state index is -0.521. The van der Waals surface area contributed by atoms with Gasteiger partial charge in [0.05, 0.1) is 13.7 Å². The molecule has 1 aromatic heterocycles. The Balaban J connectivity index is 2.37. The Hall–Kier alpha value is -2.01. The molecule has 0 spiro atoms. The maximum atomic E-state index is 11.6. The molecule has 0 amide bonds. The molecule has 1 heterocycles. The van der Waals surface area contributed by atoms with Gasteiger partial charge in [0.1, 0.15) is 11.6 Å². The van der Waals surface area contributed by atoms with E-state index in [0.717, 1.165) is 11.4 Å². The van der Waals surface area contributed by atoms with Gasteiger partial charge >= 0.3 is 5.97 Å². The minimum absolute atomic E-state index is 0.165. The van der Waals surface area contributed by atoms with Crippen molar-refractivity contribution in [2.75, 3.05) is 12.8 Å². The van der Waals surface area contributed by atoms with E-state index in [1.807, 2.05) is 35.8 Å². The number of ether oxygens (including phenoxy) is 1. The van der Waals surface area contributed by atoms with Crippen LogP contribution in [0.4, 0.5) is 5.82 Å². The van der Waals surface area contributed by atoms with Gasteiger partial charge < -0.3 is 15.0 Å². The molecule has 0 aliphatic rings. The number of imidazole rings is 1. The van der Waals surface area contributed by atoms with Crippen molar-refractivity contribution in [3.63, 3.8) is 0 Å². The summed E-state index contributed by atoms with van der Waals surface area (Å²) in [5.41, 5.74) is 7.20. The molecule has 20 heavy (non-hydrogen) atoms. The largest absolute Gasteiger partial charge is 0.464 e. The van der Waals surface area contributed by atoms with E-state index in [9.17, 15) is 4.79 Å². The van der Waals surface area contributed by atoms with Gasteiger partial charge in [0, 0.05) is 11.4 Å². The van der Waals surface area contributed by atoms with Crippen molar-refractivity contribution in [1.82, 2.24) is 9.55 Å². The van der Waals surface area contributed by atoms with Crippen LogP contribution in [0.15, 0.2) is 24.3 Å². The third-order valence-electron chi connectivity index (χ3n) is 3.03. The number of nitrogens with zero attached hydrogens (tertiary/aromatic N) is 2. The van der Waals surface area contributed by atoms with Crippen LogP contribution >= 0.6 is 11.6 Å². The van der Waals surface area contributed by atoms with Gasteiger partial charge in [-0.05, 0) is 17.7 Å². The molecule has 106 valence electrons. The summed E-state index contributed by atoms with van der Waals surface area (Å²) in [4.78, 5) is 15.9. The molecule has 6 heteroatoms. The molecule has 2 N–H and O–H groups in total. The van der Waals surface area contributed by atoms with E-state index < -0.39 is 5.97 Å². The molecule has 0 unspecified atom stereocenters. The van der Waals surface area contributed by atoms with Gasteiger partial charge in [0.25, 0.3) is 0 Å². The number of aromatic nitrogens is 2. The van der Waals surface area contributed by atoms with Gasteiger partial charge in [-0.25, -0.2) is 9.78 Å². The summed E-state index contributed by atoms with van der Waals surface area (Å²) in [6.07, 6.45) is 0.675. The predicted molar refractivity (Wildman–Crippen MR) is 77.9 cm³/mol. The number of rotatable bonds is 4. The molecule has 0 saturated heterocycles. The summed E-state index contributed by atoms with van der Waals surface area (Å²) >= 11 is 5.86. The highest BCUT2D eigenvalue weighted by molar-refractivity contribution is 6.30. The fourth-order valence-corrected chi connectivity index (χ4v) is 2.11. The second-order valence-corrected chi connectivity index (χ2v) is 4.76. The van der Waals surface area contributed by atoms with Crippen LogP contribution in [0.1, 0.15) is 28.8 Å². The van der Waals surface area contributed by atoms with Crippen LogP contribution in [0, 0.1) is 0 Å². The average molecular weight is 294 g/mol. The SMILES string of the molecule is CCc1nc(C(=O)OC)c(N)n1Cc1ccc(Cl)cc1. The molecule has 0 saturated carbocycles. The summed E-state index contributed by atoms with van der Waals surface area (Å²) in [6.45, 7) is 2.50. The quantitative estimate of drug-likeness (QED) is 0.879. The van der Waals surface area contributed by atoms with E-state index in [1.54, 1.807) is 0 Å². The molecule has 2 rings (SSSR count). The van der Waals surface area contributed by atoms with Crippen LogP contribution in [0.5, 0.6) is 0 Å². The molecule has 0 bridgehead atoms. The number of hydrogen-bond donors (Lipinski definition) is 1. The highest BCUT2D eigenvalue weighted by Gasteiger charge is 2.20. The number of nitrogen functional groups attached to an aromatic ring is 1. The van der Waals surface area contributed by atoms with Crippen molar-refractivity contribution < 1.29 is 9.53 Å². The molecule has 0 atom stereocenters. The zero-order valence-corrected chi connectivity index (χ0v) is 12.1. The van der Waals surface area contributed by atoms with E-state index >= 15 is 0 Å². The number of halogens is 1. The fraction of sp³-hybridized carbons (Fsp3) is 0.286.